The zero-order chi connectivity index (χ0) is 14.2. The second-order valence-corrected chi connectivity index (χ2v) is 7.41. The fourth-order valence-corrected chi connectivity index (χ4v) is 4.22. The summed E-state index contributed by atoms with van der Waals surface area (Å²) in [5.74, 6) is 0. The second kappa shape index (κ2) is 5.35. The van der Waals surface area contributed by atoms with Crippen LogP contribution in [0.3, 0.4) is 0 Å². The number of fused-ring (bicyclic) bond motifs is 1. The summed E-state index contributed by atoms with van der Waals surface area (Å²) in [7, 11) is -1.33. The van der Waals surface area contributed by atoms with Gasteiger partial charge in [-0.1, -0.05) is 0 Å². The third-order valence-corrected chi connectivity index (χ3v) is 5.66. The van der Waals surface area contributed by atoms with Crippen molar-refractivity contribution in [2.45, 2.75) is 30.2 Å². The van der Waals surface area contributed by atoms with E-state index in [1.54, 1.807) is 12.1 Å². The van der Waals surface area contributed by atoms with Crippen LogP contribution in [0.5, 0.6) is 0 Å². The summed E-state index contributed by atoms with van der Waals surface area (Å²) in [4.78, 5) is 2.62. The van der Waals surface area contributed by atoms with Gasteiger partial charge >= 0.3 is 0 Å². The average molecular weight is 295 g/mol. The Morgan fingerprint density at radius 1 is 1.30 bits per heavy atom. The Kier molecular flexibility index (Phi) is 3.70. The van der Waals surface area contributed by atoms with Crippen molar-refractivity contribution in [1.29, 1.82) is 0 Å². The molecule has 5 nitrogen and oxygen atoms in total. The Hall–Kier alpha value is -1.11. The monoisotopic (exact) mass is 295 g/mol. The van der Waals surface area contributed by atoms with Gasteiger partial charge in [0, 0.05) is 18.3 Å². The molecule has 1 saturated heterocycles. The maximum atomic E-state index is 12.4. The molecule has 2 aliphatic heterocycles. The molecule has 2 heterocycles. The fourth-order valence-electron chi connectivity index (χ4n) is 2.86. The van der Waals surface area contributed by atoms with Crippen molar-refractivity contribution < 1.29 is 8.42 Å². The van der Waals surface area contributed by atoms with Gasteiger partial charge in [0.05, 0.1) is 4.90 Å². The molecule has 110 valence electrons. The number of piperidine rings is 1. The number of likely N-dealkylation sites (tertiary alicyclic amines) is 1. The van der Waals surface area contributed by atoms with E-state index in [9.17, 15) is 8.42 Å². The van der Waals surface area contributed by atoms with Crippen LogP contribution in [0, 0.1) is 0 Å². The van der Waals surface area contributed by atoms with Crippen LogP contribution in [0.25, 0.3) is 0 Å². The van der Waals surface area contributed by atoms with Crippen molar-refractivity contribution in [3.63, 3.8) is 0 Å². The highest BCUT2D eigenvalue weighted by atomic mass is 32.2. The predicted molar refractivity (Wildman–Crippen MR) is 79.5 cm³/mol. The first-order chi connectivity index (χ1) is 9.54. The van der Waals surface area contributed by atoms with E-state index in [1.165, 1.54) is 0 Å². The Morgan fingerprint density at radius 3 is 2.80 bits per heavy atom. The van der Waals surface area contributed by atoms with Crippen LogP contribution in [-0.4, -0.2) is 46.0 Å². The molecule has 2 N–H and O–H groups in total. The summed E-state index contributed by atoms with van der Waals surface area (Å²) in [6, 6.07) is 5.41. The number of anilines is 1. The minimum absolute atomic E-state index is 0.0579. The van der Waals surface area contributed by atoms with Gasteiger partial charge < -0.3 is 10.2 Å². The van der Waals surface area contributed by atoms with E-state index in [0.29, 0.717) is 4.90 Å². The molecule has 0 atom stereocenters. The van der Waals surface area contributed by atoms with Crippen LogP contribution in [-0.2, 0) is 16.4 Å². The number of sulfonamides is 1. The highest BCUT2D eigenvalue weighted by Gasteiger charge is 2.24. The van der Waals surface area contributed by atoms with E-state index in [-0.39, 0.29) is 6.04 Å². The maximum absolute atomic E-state index is 12.4. The van der Waals surface area contributed by atoms with E-state index in [1.807, 2.05) is 6.07 Å². The first-order valence-corrected chi connectivity index (χ1v) is 8.60. The van der Waals surface area contributed by atoms with Gasteiger partial charge in [-0.2, -0.15) is 0 Å². The molecule has 0 aliphatic carbocycles. The van der Waals surface area contributed by atoms with Crippen LogP contribution >= 0.6 is 0 Å². The number of hydrogen-bond donors (Lipinski definition) is 2. The molecule has 0 saturated carbocycles. The summed E-state index contributed by atoms with van der Waals surface area (Å²) >= 11 is 0. The molecule has 1 fully saturated rings. The molecule has 0 spiro atoms. The molecule has 3 rings (SSSR count). The second-order valence-electron chi connectivity index (χ2n) is 5.69. The van der Waals surface area contributed by atoms with Gasteiger partial charge in [0.2, 0.25) is 10.0 Å². The van der Waals surface area contributed by atoms with Crippen molar-refractivity contribution >= 4 is 15.7 Å². The summed E-state index contributed by atoms with van der Waals surface area (Å²) in [6.45, 7) is 2.78. The fraction of sp³-hybridized carbons (Fsp3) is 0.571. The van der Waals surface area contributed by atoms with Gasteiger partial charge in [0.25, 0.3) is 0 Å². The number of rotatable bonds is 3. The lowest BCUT2D eigenvalue weighted by Crippen LogP contribution is -2.43. The first-order valence-electron chi connectivity index (χ1n) is 7.12. The normalized spacial score (nSPS) is 20.6. The Balaban J connectivity index is 1.75. The summed E-state index contributed by atoms with van der Waals surface area (Å²) < 4.78 is 27.7. The molecule has 1 aromatic carbocycles. The molecule has 2 aliphatic rings. The van der Waals surface area contributed by atoms with Crippen LogP contribution in [0.4, 0.5) is 5.69 Å². The van der Waals surface area contributed by atoms with Gasteiger partial charge in [0.1, 0.15) is 0 Å². The molecule has 6 heteroatoms. The SMILES string of the molecule is CN1CCC(NS(=O)(=O)c2ccc3c(c2)CCN3)CC1. The van der Waals surface area contributed by atoms with Crippen molar-refractivity contribution in [3.8, 4) is 0 Å². The highest BCUT2D eigenvalue weighted by Crippen LogP contribution is 2.25. The van der Waals surface area contributed by atoms with Crippen LogP contribution in [0.2, 0.25) is 0 Å². The summed E-state index contributed by atoms with van der Waals surface area (Å²) in [6.07, 6.45) is 2.65. The summed E-state index contributed by atoms with van der Waals surface area (Å²) in [5.41, 5.74) is 2.15. The minimum atomic E-state index is -3.40. The summed E-state index contributed by atoms with van der Waals surface area (Å²) in [5, 5.41) is 3.24. The lowest BCUT2D eigenvalue weighted by Gasteiger charge is -2.29. The van der Waals surface area contributed by atoms with Crippen LogP contribution < -0.4 is 10.0 Å². The lowest BCUT2D eigenvalue weighted by atomic mass is 10.1. The Bertz CT molecular complexity index is 592. The van der Waals surface area contributed by atoms with E-state index in [4.69, 9.17) is 0 Å². The zero-order valence-electron chi connectivity index (χ0n) is 11.7. The van der Waals surface area contributed by atoms with E-state index >= 15 is 0 Å². The standard InChI is InChI=1S/C14H21N3O2S/c1-17-8-5-12(6-9-17)16-20(18,19)13-2-3-14-11(10-13)4-7-15-14/h2-3,10,12,15-16H,4-9H2,1H3. The quantitative estimate of drug-likeness (QED) is 0.874. The number of nitrogens with one attached hydrogen (secondary N) is 2. The third-order valence-electron chi connectivity index (χ3n) is 4.14. The van der Waals surface area contributed by atoms with E-state index in [2.05, 4.69) is 22.0 Å². The smallest absolute Gasteiger partial charge is 0.240 e. The molecule has 0 radical (unpaired) electrons. The van der Waals surface area contributed by atoms with E-state index in [0.717, 1.165) is 50.1 Å². The molecule has 0 unspecified atom stereocenters. The molecule has 0 bridgehead atoms. The molecule has 0 amide bonds. The third kappa shape index (κ3) is 2.82. The molecular weight excluding hydrogens is 274 g/mol. The van der Waals surface area contributed by atoms with Crippen molar-refractivity contribution in [2.24, 2.45) is 0 Å². The van der Waals surface area contributed by atoms with Gasteiger partial charge in [-0.3, -0.25) is 0 Å². The predicted octanol–water partition coefficient (Wildman–Crippen LogP) is 1.03. The lowest BCUT2D eigenvalue weighted by molar-refractivity contribution is 0.248. The highest BCUT2D eigenvalue weighted by molar-refractivity contribution is 7.89. The van der Waals surface area contributed by atoms with E-state index < -0.39 is 10.0 Å². The van der Waals surface area contributed by atoms with Gasteiger partial charge in [-0.25, -0.2) is 13.1 Å². The zero-order valence-corrected chi connectivity index (χ0v) is 12.5. The number of benzene rings is 1. The largest absolute Gasteiger partial charge is 0.384 e. The number of nitrogens with zero attached hydrogens (tertiary/aromatic N) is 1. The van der Waals surface area contributed by atoms with Gasteiger partial charge in [-0.05, 0) is 63.2 Å². The Labute approximate surface area is 120 Å². The average Bonchev–Trinajstić information content (AvgIpc) is 2.88. The van der Waals surface area contributed by atoms with Crippen molar-refractivity contribution in [2.75, 3.05) is 32.0 Å². The molecule has 20 heavy (non-hydrogen) atoms. The van der Waals surface area contributed by atoms with Crippen molar-refractivity contribution in [1.82, 2.24) is 9.62 Å². The topological polar surface area (TPSA) is 61.4 Å². The maximum Gasteiger partial charge on any atom is 0.240 e. The van der Waals surface area contributed by atoms with Crippen LogP contribution in [0.1, 0.15) is 18.4 Å². The van der Waals surface area contributed by atoms with Crippen LogP contribution in [0.15, 0.2) is 23.1 Å². The number of hydrogen-bond acceptors (Lipinski definition) is 4. The minimum Gasteiger partial charge on any atom is -0.384 e. The van der Waals surface area contributed by atoms with Gasteiger partial charge in [-0.15, -0.1) is 0 Å². The molecular formula is C14H21N3O2S. The Morgan fingerprint density at radius 2 is 2.05 bits per heavy atom. The first kappa shape index (κ1) is 13.9. The van der Waals surface area contributed by atoms with Gasteiger partial charge in [0.15, 0.2) is 0 Å². The molecule has 0 aromatic heterocycles. The molecule has 1 aromatic rings. The van der Waals surface area contributed by atoms with Crippen molar-refractivity contribution in [3.05, 3.63) is 23.8 Å².